The van der Waals surface area contributed by atoms with Crippen molar-refractivity contribution >= 4 is 36.0 Å². The van der Waals surface area contributed by atoms with E-state index in [1.165, 1.54) is 6.92 Å². The first-order valence-electron chi connectivity index (χ1n) is 11.0. The van der Waals surface area contributed by atoms with E-state index >= 15 is 0 Å². The number of carboxylic acid groups (broad SMARTS) is 1. The van der Waals surface area contributed by atoms with Gasteiger partial charge >= 0.3 is 23.9 Å². The zero-order valence-electron chi connectivity index (χ0n) is 20.0. The van der Waals surface area contributed by atoms with E-state index in [9.17, 15) is 24.3 Å². The molecule has 0 spiro atoms. The Bertz CT molecular complexity index is 1060. The standard InChI is InChI=1S/C26H28O10/c1-16(27)24(30)35-18(3)25(31)36-22(26(32)34-17(2)23(28)29)15-33-21-13-11-20(12-14-21)10-9-19-7-5-4-6-8-19/h4-14,16-18,22,27H,15H2,1-3H3,(H,28,29)/b10-9+. The lowest BCUT2D eigenvalue weighted by molar-refractivity contribution is -0.185. The third-order valence-corrected chi connectivity index (χ3v) is 4.68. The predicted molar refractivity (Wildman–Crippen MR) is 128 cm³/mol. The van der Waals surface area contributed by atoms with Crippen molar-refractivity contribution in [2.24, 2.45) is 0 Å². The fourth-order valence-corrected chi connectivity index (χ4v) is 2.61. The van der Waals surface area contributed by atoms with Crippen LogP contribution in [0.1, 0.15) is 31.9 Å². The van der Waals surface area contributed by atoms with Crippen molar-refractivity contribution in [3.63, 3.8) is 0 Å². The van der Waals surface area contributed by atoms with Gasteiger partial charge in [0.1, 0.15) is 18.5 Å². The Labute approximate surface area is 208 Å². The van der Waals surface area contributed by atoms with Gasteiger partial charge in [-0.05, 0) is 44.0 Å². The molecule has 4 atom stereocenters. The fraction of sp³-hybridized carbons (Fsp3) is 0.308. The quantitative estimate of drug-likeness (QED) is 0.253. The minimum Gasteiger partial charge on any atom is -0.489 e. The molecule has 0 aliphatic heterocycles. The number of esters is 3. The van der Waals surface area contributed by atoms with Gasteiger partial charge in [-0.3, -0.25) is 0 Å². The molecule has 0 aromatic heterocycles. The number of aliphatic hydroxyl groups is 1. The second kappa shape index (κ2) is 13.6. The molecule has 0 aliphatic carbocycles. The molecule has 192 valence electrons. The zero-order chi connectivity index (χ0) is 26.7. The number of carbonyl (C=O) groups excluding carboxylic acids is 3. The van der Waals surface area contributed by atoms with Gasteiger partial charge in [-0.25, -0.2) is 19.2 Å². The second-order valence-electron chi connectivity index (χ2n) is 7.72. The van der Waals surface area contributed by atoms with Crippen LogP contribution in [0.2, 0.25) is 0 Å². The van der Waals surface area contributed by atoms with Gasteiger partial charge < -0.3 is 29.2 Å². The predicted octanol–water partition coefficient (Wildman–Crippen LogP) is 2.48. The Morgan fingerprint density at radius 2 is 1.31 bits per heavy atom. The summed E-state index contributed by atoms with van der Waals surface area (Å²) in [6.07, 6.45) is -2.22. The van der Waals surface area contributed by atoms with E-state index in [0.29, 0.717) is 5.75 Å². The topological polar surface area (TPSA) is 146 Å². The van der Waals surface area contributed by atoms with Crippen molar-refractivity contribution in [1.29, 1.82) is 0 Å². The molecule has 0 fully saturated rings. The number of hydrogen-bond donors (Lipinski definition) is 2. The Kier molecular flexibility index (Phi) is 10.6. The van der Waals surface area contributed by atoms with Crippen LogP contribution in [0.25, 0.3) is 12.2 Å². The Balaban J connectivity index is 2.05. The molecule has 0 saturated heterocycles. The molecular weight excluding hydrogens is 472 g/mol. The summed E-state index contributed by atoms with van der Waals surface area (Å²) >= 11 is 0. The van der Waals surface area contributed by atoms with Gasteiger partial charge in [-0.15, -0.1) is 0 Å². The Hall–Kier alpha value is -4.18. The molecule has 36 heavy (non-hydrogen) atoms. The number of aliphatic carboxylic acids is 1. The highest BCUT2D eigenvalue weighted by Crippen LogP contribution is 2.16. The summed E-state index contributed by atoms with van der Waals surface area (Å²) in [7, 11) is 0. The van der Waals surface area contributed by atoms with Crippen molar-refractivity contribution in [2.75, 3.05) is 6.61 Å². The summed E-state index contributed by atoms with van der Waals surface area (Å²) < 4.78 is 20.2. The van der Waals surface area contributed by atoms with Crippen molar-refractivity contribution < 1.29 is 48.3 Å². The lowest BCUT2D eigenvalue weighted by Gasteiger charge is -2.21. The normalized spacial score (nSPS) is 14.2. The summed E-state index contributed by atoms with van der Waals surface area (Å²) in [6.45, 7) is 2.99. The van der Waals surface area contributed by atoms with Crippen LogP contribution < -0.4 is 4.74 Å². The summed E-state index contributed by atoms with van der Waals surface area (Å²) in [4.78, 5) is 47.3. The molecule has 10 nitrogen and oxygen atoms in total. The summed E-state index contributed by atoms with van der Waals surface area (Å²) in [5, 5.41) is 18.2. The molecule has 0 bridgehead atoms. The van der Waals surface area contributed by atoms with Crippen molar-refractivity contribution in [3.05, 3.63) is 65.7 Å². The van der Waals surface area contributed by atoms with Gasteiger partial charge in [-0.2, -0.15) is 0 Å². The summed E-state index contributed by atoms with van der Waals surface area (Å²) in [5.41, 5.74) is 1.92. The average molecular weight is 501 g/mol. The number of benzene rings is 2. The van der Waals surface area contributed by atoms with Crippen LogP contribution in [0.15, 0.2) is 54.6 Å². The van der Waals surface area contributed by atoms with Gasteiger partial charge in [0.25, 0.3) is 0 Å². The van der Waals surface area contributed by atoms with Crippen LogP contribution >= 0.6 is 0 Å². The molecule has 2 aromatic rings. The SMILES string of the molecule is CC(O)C(=O)OC(C)C(=O)OC(COc1ccc(/C=C/c2ccccc2)cc1)C(=O)OC(C)C(=O)O. The maximum Gasteiger partial charge on any atom is 0.351 e. The highest BCUT2D eigenvalue weighted by atomic mass is 16.6. The van der Waals surface area contributed by atoms with Crippen molar-refractivity contribution in [1.82, 2.24) is 0 Å². The van der Waals surface area contributed by atoms with Gasteiger partial charge in [-0.1, -0.05) is 54.6 Å². The Morgan fingerprint density at radius 1 is 0.750 bits per heavy atom. The van der Waals surface area contributed by atoms with Crippen LogP contribution in [0.5, 0.6) is 5.75 Å². The number of carboxylic acids is 1. The summed E-state index contributed by atoms with van der Waals surface area (Å²) in [5.74, 6) is -4.38. The van der Waals surface area contributed by atoms with Gasteiger partial charge in [0.05, 0.1) is 0 Å². The number of hydrogen-bond acceptors (Lipinski definition) is 9. The maximum absolute atomic E-state index is 12.4. The van der Waals surface area contributed by atoms with E-state index < -0.39 is 54.9 Å². The third-order valence-electron chi connectivity index (χ3n) is 4.68. The minimum atomic E-state index is -1.65. The van der Waals surface area contributed by atoms with Crippen LogP contribution in [0.4, 0.5) is 0 Å². The van der Waals surface area contributed by atoms with Crippen LogP contribution in [0, 0.1) is 0 Å². The molecule has 10 heteroatoms. The molecule has 0 heterocycles. The maximum atomic E-state index is 12.4. The van der Waals surface area contributed by atoms with Gasteiger partial charge in [0.2, 0.25) is 6.10 Å². The minimum absolute atomic E-state index is 0.348. The molecule has 2 N–H and O–H groups in total. The summed E-state index contributed by atoms with van der Waals surface area (Å²) in [6, 6.07) is 16.5. The highest BCUT2D eigenvalue weighted by Gasteiger charge is 2.32. The van der Waals surface area contributed by atoms with E-state index in [1.807, 2.05) is 42.5 Å². The largest absolute Gasteiger partial charge is 0.489 e. The number of aliphatic hydroxyl groups excluding tert-OH is 1. The molecule has 0 amide bonds. The molecule has 4 unspecified atom stereocenters. The van der Waals surface area contributed by atoms with Crippen LogP contribution in [0.3, 0.4) is 0 Å². The number of ether oxygens (including phenoxy) is 4. The molecule has 0 saturated carbocycles. The second-order valence-corrected chi connectivity index (χ2v) is 7.72. The van der Waals surface area contributed by atoms with Crippen LogP contribution in [-0.4, -0.2) is 65.1 Å². The van der Waals surface area contributed by atoms with Gasteiger partial charge in [0, 0.05) is 0 Å². The molecule has 2 aromatic carbocycles. The Morgan fingerprint density at radius 3 is 1.86 bits per heavy atom. The van der Waals surface area contributed by atoms with Crippen molar-refractivity contribution in [2.45, 2.75) is 45.2 Å². The molecular formula is C26H28O10. The monoisotopic (exact) mass is 500 g/mol. The number of rotatable bonds is 12. The first-order chi connectivity index (χ1) is 17.1. The first kappa shape index (κ1) is 28.1. The smallest absolute Gasteiger partial charge is 0.351 e. The first-order valence-corrected chi connectivity index (χ1v) is 11.0. The van der Waals surface area contributed by atoms with Gasteiger partial charge in [0.15, 0.2) is 12.2 Å². The highest BCUT2D eigenvalue weighted by molar-refractivity contribution is 5.85. The zero-order valence-corrected chi connectivity index (χ0v) is 20.0. The van der Waals surface area contributed by atoms with E-state index in [1.54, 1.807) is 24.3 Å². The van der Waals surface area contributed by atoms with E-state index in [4.69, 9.17) is 24.1 Å². The third kappa shape index (κ3) is 9.22. The molecule has 2 rings (SSSR count). The van der Waals surface area contributed by atoms with E-state index in [0.717, 1.165) is 25.0 Å². The lowest BCUT2D eigenvalue weighted by atomic mass is 10.1. The van der Waals surface area contributed by atoms with E-state index in [-0.39, 0.29) is 0 Å². The van der Waals surface area contributed by atoms with Crippen molar-refractivity contribution in [3.8, 4) is 5.75 Å². The fourth-order valence-electron chi connectivity index (χ4n) is 2.61. The molecule has 0 radical (unpaired) electrons. The van der Waals surface area contributed by atoms with Crippen LogP contribution in [-0.2, 0) is 33.4 Å². The van der Waals surface area contributed by atoms with E-state index in [2.05, 4.69) is 0 Å². The average Bonchev–Trinajstić information content (AvgIpc) is 2.85. The molecule has 0 aliphatic rings. The lowest BCUT2D eigenvalue weighted by Crippen LogP contribution is -2.41. The number of carbonyl (C=O) groups is 4.